The topological polar surface area (TPSA) is 114 Å². The Morgan fingerprint density at radius 3 is 2.83 bits per heavy atom. The van der Waals surface area contributed by atoms with Crippen molar-refractivity contribution in [3.63, 3.8) is 0 Å². The van der Waals surface area contributed by atoms with E-state index in [0.29, 0.717) is 17.8 Å². The van der Waals surface area contributed by atoms with E-state index in [1.165, 1.54) is 28.3 Å². The molecule has 2 aliphatic rings. The number of aryl methyl sites for hydroxylation is 1. The van der Waals surface area contributed by atoms with Crippen LogP contribution in [0.2, 0.25) is 0 Å². The fourth-order valence-corrected chi connectivity index (χ4v) is 5.02. The van der Waals surface area contributed by atoms with Crippen LogP contribution in [0.5, 0.6) is 0 Å². The summed E-state index contributed by atoms with van der Waals surface area (Å²) in [5.74, 6) is -0.330. The summed E-state index contributed by atoms with van der Waals surface area (Å²) in [6.07, 6.45) is 3.83. The number of pyridine rings is 2. The molecule has 1 atom stereocenters. The molecule has 210 valence electrons. The van der Waals surface area contributed by atoms with Gasteiger partial charge in [0.1, 0.15) is 23.9 Å². The predicted octanol–water partition coefficient (Wildman–Crippen LogP) is 4.04. The number of carbonyl (C=O) groups excluding carboxylic acids is 2. The molecule has 3 heterocycles. The van der Waals surface area contributed by atoms with E-state index in [9.17, 15) is 18.8 Å². The lowest BCUT2D eigenvalue weighted by Gasteiger charge is -2.20. The lowest BCUT2D eigenvalue weighted by molar-refractivity contribution is -0.143. The van der Waals surface area contributed by atoms with Crippen molar-refractivity contribution in [2.45, 2.75) is 64.1 Å². The molecule has 9 nitrogen and oxygen atoms in total. The molecule has 1 aromatic carbocycles. The number of fused-ring (bicyclic) bond motifs is 1. The van der Waals surface area contributed by atoms with E-state index in [-0.39, 0.29) is 31.0 Å². The number of amides is 1. The summed E-state index contributed by atoms with van der Waals surface area (Å²) in [6, 6.07) is 12.6. The third-order valence-electron chi connectivity index (χ3n) is 7.18. The zero-order chi connectivity index (χ0) is 28.1. The van der Waals surface area contributed by atoms with Gasteiger partial charge in [-0.05, 0) is 80.0 Å². The van der Waals surface area contributed by atoms with Crippen LogP contribution in [-0.4, -0.2) is 34.6 Å². The third-order valence-corrected chi connectivity index (χ3v) is 7.18. The minimum atomic E-state index is -0.799. The van der Waals surface area contributed by atoms with Gasteiger partial charge in [0.05, 0.1) is 31.3 Å². The van der Waals surface area contributed by atoms with Crippen molar-refractivity contribution >= 4 is 23.4 Å². The van der Waals surface area contributed by atoms with Crippen LogP contribution in [0.15, 0.2) is 53.3 Å². The number of rotatable bonds is 11. The quantitative estimate of drug-likeness (QED) is 0.311. The normalized spacial score (nSPS) is 14.9. The number of ether oxygens (including phenoxy) is 1. The van der Waals surface area contributed by atoms with Gasteiger partial charge in [-0.2, -0.15) is 0 Å². The molecule has 3 aromatic rings. The first-order chi connectivity index (χ1) is 19.4. The number of nitrogens with zero attached hydrogens (tertiary/aromatic N) is 2. The van der Waals surface area contributed by atoms with Crippen LogP contribution < -0.4 is 21.5 Å². The first kappa shape index (κ1) is 27.4. The van der Waals surface area contributed by atoms with Crippen molar-refractivity contribution < 1.29 is 18.7 Å². The minimum Gasteiger partial charge on any atom is -0.466 e. The van der Waals surface area contributed by atoms with Crippen LogP contribution in [0.3, 0.4) is 0 Å². The molecule has 0 radical (unpaired) electrons. The minimum absolute atomic E-state index is 0.155. The number of nitrogens with one attached hydrogen (secondary N) is 3. The van der Waals surface area contributed by atoms with Gasteiger partial charge < -0.3 is 25.3 Å². The predicted molar refractivity (Wildman–Crippen MR) is 150 cm³/mol. The monoisotopic (exact) mass is 547 g/mol. The average molecular weight is 548 g/mol. The Balaban J connectivity index is 1.33. The van der Waals surface area contributed by atoms with E-state index >= 15 is 0 Å². The average Bonchev–Trinajstić information content (AvgIpc) is 3.79. The van der Waals surface area contributed by atoms with Gasteiger partial charge in [-0.1, -0.05) is 18.2 Å². The Morgan fingerprint density at radius 2 is 2.05 bits per heavy atom. The van der Waals surface area contributed by atoms with E-state index in [4.69, 9.17) is 4.74 Å². The van der Waals surface area contributed by atoms with Crippen molar-refractivity contribution in [2.24, 2.45) is 0 Å². The second-order valence-electron chi connectivity index (χ2n) is 10.2. The second-order valence-corrected chi connectivity index (χ2v) is 10.2. The summed E-state index contributed by atoms with van der Waals surface area (Å²) < 4.78 is 20.5. The zero-order valence-corrected chi connectivity index (χ0v) is 22.5. The molecular formula is C30H34FN5O4. The lowest BCUT2D eigenvalue weighted by Crippen LogP contribution is -2.37. The molecule has 0 saturated heterocycles. The highest BCUT2D eigenvalue weighted by atomic mass is 19.1. The van der Waals surface area contributed by atoms with E-state index < -0.39 is 23.7 Å². The molecule has 5 rings (SSSR count). The summed E-state index contributed by atoms with van der Waals surface area (Å²) in [5, 5.41) is 9.33. The number of aromatic nitrogens is 2. The molecule has 1 aliphatic heterocycles. The molecule has 1 fully saturated rings. The summed E-state index contributed by atoms with van der Waals surface area (Å²) >= 11 is 0. The molecule has 1 saturated carbocycles. The summed E-state index contributed by atoms with van der Waals surface area (Å²) in [4.78, 5) is 43.7. The molecule has 2 aromatic heterocycles. The van der Waals surface area contributed by atoms with Crippen LogP contribution in [-0.2, 0) is 33.8 Å². The van der Waals surface area contributed by atoms with Gasteiger partial charge in [-0.15, -0.1) is 0 Å². The maximum Gasteiger partial charge on any atom is 0.308 e. The Labute approximate surface area is 232 Å². The number of anilines is 2. The molecule has 3 N–H and O–H groups in total. The maximum atomic E-state index is 13.9. The smallest absolute Gasteiger partial charge is 0.308 e. The third kappa shape index (κ3) is 6.67. The lowest BCUT2D eigenvalue weighted by atomic mass is 10.0. The van der Waals surface area contributed by atoms with Crippen molar-refractivity contribution in [1.82, 2.24) is 14.9 Å². The van der Waals surface area contributed by atoms with Gasteiger partial charge in [0.25, 0.3) is 5.56 Å². The highest BCUT2D eigenvalue weighted by Gasteiger charge is 2.29. The van der Waals surface area contributed by atoms with Crippen LogP contribution in [0.1, 0.15) is 67.1 Å². The van der Waals surface area contributed by atoms with Gasteiger partial charge in [0, 0.05) is 12.2 Å². The van der Waals surface area contributed by atoms with Gasteiger partial charge in [0.15, 0.2) is 0 Å². The highest BCUT2D eigenvalue weighted by Crippen LogP contribution is 2.39. The van der Waals surface area contributed by atoms with Gasteiger partial charge in [0.2, 0.25) is 5.91 Å². The Kier molecular flexibility index (Phi) is 8.42. The fraction of sp³-hybridized carbons (Fsp3) is 0.400. The summed E-state index contributed by atoms with van der Waals surface area (Å²) in [5.41, 5.74) is 3.31. The van der Waals surface area contributed by atoms with Gasteiger partial charge in [-0.3, -0.25) is 14.4 Å². The molecule has 0 spiro atoms. The number of halogens is 1. The van der Waals surface area contributed by atoms with Gasteiger partial charge >= 0.3 is 5.97 Å². The second kappa shape index (κ2) is 12.3. The van der Waals surface area contributed by atoms with E-state index in [1.54, 1.807) is 19.1 Å². The Bertz CT molecular complexity index is 1450. The highest BCUT2D eigenvalue weighted by molar-refractivity contribution is 5.78. The molecule has 1 aliphatic carbocycles. The molecule has 0 unspecified atom stereocenters. The zero-order valence-electron chi connectivity index (χ0n) is 22.5. The van der Waals surface area contributed by atoms with Crippen LogP contribution in [0, 0.1) is 5.82 Å². The largest absolute Gasteiger partial charge is 0.466 e. The van der Waals surface area contributed by atoms with Crippen molar-refractivity contribution in [3.8, 4) is 0 Å². The number of hydrogen-bond donors (Lipinski definition) is 3. The first-order valence-corrected chi connectivity index (χ1v) is 13.8. The SMILES string of the molecule is CCOC(=O)C[C@H](NC(=O)Cn1c(C2CC2)ccc(NCc2ccc3c(n2)NCCC3)c1=O)c1cccc(F)c1. The number of benzene rings is 1. The number of hydrogen-bond acceptors (Lipinski definition) is 7. The summed E-state index contributed by atoms with van der Waals surface area (Å²) in [6.45, 7) is 2.92. The molecule has 40 heavy (non-hydrogen) atoms. The Morgan fingerprint density at radius 1 is 1.20 bits per heavy atom. The molecule has 1 amide bonds. The number of carbonyl (C=O) groups is 2. The van der Waals surface area contributed by atoms with Crippen LogP contribution >= 0.6 is 0 Å². The van der Waals surface area contributed by atoms with Crippen LogP contribution in [0.4, 0.5) is 15.9 Å². The molecule has 0 bridgehead atoms. The first-order valence-electron chi connectivity index (χ1n) is 13.8. The standard InChI is InChI=1S/C30H34FN5O4/c1-2-40-28(38)16-25(21-5-3-7-22(31)15-21)35-27(37)18-36-26(19-8-9-19)13-12-24(30(36)39)33-17-23-11-10-20-6-4-14-32-29(20)34-23/h3,5,7,10-13,15,19,25,33H,2,4,6,8-9,14,16-18H2,1H3,(H,32,34)(H,35,37)/t25-/m0/s1. The van der Waals surface area contributed by atoms with Crippen molar-refractivity contribution in [3.05, 3.63) is 87.2 Å². The van der Waals surface area contributed by atoms with Gasteiger partial charge in [-0.25, -0.2) is 9.37 Å². The summed E-state index contributed by atoms with van der Waals surface area (Å²) in [7, 11) is 0. The molecule has 10 heteroatoms. The fourth-order valence-electron chi connectivity index (χ4n) is 5.02. The van der Waals surface area contributed by atoms with Crippen molar-refractivity contribution in [1.29, 1.82) is 0 Å². The van der Waals surface area contributed by atoms with E-state index in [2.05, 4.69) is 27.0 Å². The van der Waals surface area contributed by atoms with E-state index in [1.807, 2.05) is 12.1 Å². The van der Waals surface area contributed by atoms with Crippen LogP contribution in [0.25, 0.3) is 0 Å². The van der Waals surface area contributed by atoms with Crippen molar-refractivity contribution in [2.75, 3.05) is 23.8 Å². The van der Waals surface area contributed by atoms with E-state index in [0.717, 1.165) is 49.4 Å². The Hall–Kier alpha value is -4.21. The molecular weight excluding hydrogens is 513 g/mol. The maximum absolute atomic E-state index is 13.9. The number of esters is 1.